The lowest BCUT2D eigenvalue weighted by Crippen LogP contribution is -2.29. The lowest BCUT2D eigenvalue weighted by Gasteiger charge is -2.19. The Labute approximate surface area is 180 Å². The minimum Gasteiger partial charge on any atom is -0.347 e. The van der Waals surface area contributed by atoms with Crippen molar-refractivity contribution in [3.63, 3.8) is 0 Å². The zero-order chi connectivity index (χ0) is 22.0. The summed E-state index contributed by atoms with van der Waals surface area (Å²) in [5, 5.41) is 0.938. The van der Waals surface area contributed by atoms with Gasteiger partial charge in [0.05, 0.1) is 18.8 Å². The average Bonchev–Trinajstić information content (AvgIpc) is 3.13. The van der Waals surface area contributed by atoms with Crippen LogP contribution in [-0.4, -0.2) is 46.5 Å². The number of para-hydroxylation sites is 1. The molecule has 0 saturated heterocycles. The zero-order valence-electron chi connectivity index (χ0n) is 17.8. The number of nitrogens with zero attached hydrogens (tertiary/aromatic N) is 5. The van der Waals surface area contributed by atoms with Gasteiger partial charge in [-0.25, -0.2) is 14.4 Å². The molecule has 0 unspecified atom stereocenters. The third-order valence-electron chi connectivity index (χ3n) is 5.16. The van der Waals surface area contributed by atoms with Crippen molar-refractivity contribution in [2.24, 2.45) is 0 Å². The van der Waals surface area contributed by atoms with Crippen molar-refractivity contribution in [2.75, 3.05) is 26.0 Å². The van der Waals surface area contributed by atoms with Crippen molar-refractivity contribution in [2.45, 2.75) is 13.1 Å². The highest BCUT2D eigenvalue weighted by Crippen LogP contribution is 2.23. The summed E-state index contributed by atoms with van der Waals surface area (Å²) in [6, 6.07) is 18.0. The van der Waals surface area contributed by atoms with E-state index in [4.69, 9.17) is 0 Å². The smallest absolute Gasteiger partial charge is 0.270 e. The molecule has 0 aliphatic carbocycles. The van der Waals surface area contributed by atoms with Gasteiger partial charge in [0.2, 0.25) is 5.95 Å². The predicted molar refractivity (Wildman–Crippen MR) is 120 cm³/mol. The van der Waals surface area contributed by atoms with Crippen LogP contribution >= 0.6 is 0 Å². The second-order valence-electron chi connectivity index (χ2n) is 7.67. The van der Waals surface area contributed by atoms with Gasteiger partial charge in [0, 0.05) is 43.8 Å². The van der Waals surface area contributed by atoms with Crippen LogP contribution < -0.4 is 4.90 Å². The molecule has 4 rings (SSSR count). The van der Waals surface area contributed by atoms with E-state index in [1.807, 2.05) is 53.9 Å². The van der Waals surface area contributed by atoms with Crippen LogP contribution in [0.2, 0.25) is 0 Å². The van der Waals surface area contributed by atoms with Gasteiger partial charge >= 0.3 is 0 Å². The number of aromatic nitrogens is 3. The molecule has 1 amide bonds. The SMILES string of the molecule is CN(Cc1ccnc(N(C)C)n1)C(=O)c1cc2ccccc2n1Cc1ccccc1F. The first-order chi connectivity index (χ1) is 14.9. The van der Waals surface area contributed by atoms with Crippen LogP contribution in [0.5, 0.6) is 0 Å². The quantitative estimate of drug-likeness (QED) is 0.477. The molecule has 2 heterocycles. The number of halogens is 1. The third-order valence-corrected chi connectivity index (χ3v) is 5.16. The standard InChI is InChI=1S/C24H24FN5O/c1-28(2)24-26-13-12-19(27-24)16-29(3)23(31)22-14-17-8-5-7-11-21(17)30(22)15-18-9-4-6-10-20(18)25/h4-14H,15-16H2,1-3H3. The zero-order valence-corrected chi connectivity index (χ0v) is 17.8. The number of amides is 1. The van der Waals surface area contributed by atoms with E-state index in [2.05, 4.69) is 9.97 Å². The second-order valence-corrected chi connectivity index (χ2v) is 7.67. The third kappa shape index (κ3) is 4.26. The molecule has 2 aromatic carbocycles. The van der Waals surface area contributed by atoms with E-state index < -0.39 is 0 Å². The van der Waals surface area contributed by atoms with Crippen molar-refractivity contribution in [1.29, 1.82) is 0 Å². The van der Waals surface area contributed by atoms with Gasteiger partial charge in [-0.05, 0) is 24.3 Å². The van der Waals surface area contributed by atoms with Gasteiger partial charge < -0.3 is 14.4 Å². The molecule has 158 valence electrons. The minimum atomic E-state index is -0.288. The maximum atomic E-state index is 14.3. The molecule has 4 aromatic rings. The fraction of sp³-hybridized carbons (Fsp3) is 0.208. The normalized spacial score (nSPS) is 11.0. The Balaban J connectivity index is 1.67. The van der Waals surface area contributed by atoms with Crippen LogP contribution in [0.3, 0.4) is 0 Å². The first-order valence-corrected chi connectivity index (χ1v) is 10.0. The minimum absolute atomic E-state index is 0.155. The van der Waals surface area contributed by atoms with Gasteiger partial charge in [-0.15, -0.1) is 0 Å². The van der Waals surface area contributed by atoms with E-state index in [0.29, 0.717) is 23.8 Å². The Morgan fingerprint density at radius 3 is 2.55 bits per heavy atom. The largest absolute Gasteiger partial charge is 0.347 e. The number of hydrogen-bond acceptors (Lipinski definition) is 4. The summed E-state index contributed by atoms with van der Waals surface area (Å²) in [6.07, 6.45) is 1.69. The van der Waals surface area contributed by atoms with Crippen molar-refractivity contribution < 1.29 is 9.18 Å². The summed E-state index contributed by atoms with van der Waals surface area (Å²) < 4.78 is 16.2. The van der Waals surface area contributed by atoms with Crippen molar-refractivity contribution in [3.05, 3.63) is 89.6 Å². The molecule has 0 aliphatic rings. The average molecular weight is 417 g/mol. The van der Waals surface area contributed by atoms with Gasteiger partial charge in [-0.2, -0.15) is 0 Å². The lowest BCUT2D eigenvalue weighted by atomic mass is 10.2. The highest BCUT2D eigenvalue weighted by atomic mass is 19.1. The fourth-order valence-corrected chi connectivity index (χ4v) is 3.55. The molecule has 0 N–H and O–H groups in total. The van der Waals surface area contributed by atoms with Gasteiger partial charge in [0.1, 0.15) is 11.5 Å². The topological polar surface area (TPSA) is 54.3 Å². The van der Waals surface area contributed by atoms with Crippen molar-refractivity contribution >= 4 is 22.8 Å². The van der Waals surface area contributed by atoms with Crippen molar-refractivity contribution in [1.82, 2.24) is 19.4 Å². The van der Waals surface area contributed by atoms with Gasteiger partial charge in [0.15, 0.2) is 0 Å². The molecular formula is C24H24FN5O. The van der Waals surface area contributed by atoms with E-state index in [1.165, 1.54) is 6.07 Å². The highest BCUT2D eigenvalue weighted by molar-refractivity contribution is 5.98. The van der Waals surface area contributed by atoms with Gasteiger partial charge in [-0.3, -0.25) is 4.79 Å². The van der Waals surface area contributed by atoms with Crippen LogP contribution in [0.1, 0.15) is 21.7 Å². The fourth-order valence-electron chi connectivity index (χ4n) is 3.55. The molecule has 2 aromatic heterocycles. The predicted octanol–water partition coefficient (Wildman–Crippen LogP) is 3.96. The van der Waals surface area contributed by atoms with E-state index in [0.717, 1.165) is 16.6 Å². The Morgan fingerprint density at radius 1 is 1.03 bits per heavy atom. The summed E-state index contributed by atoms with van der Waals surface area (Å²) in [7, 11) is 5.48. The number of carbonyl (C=O) groups is 1. The van der Waals surface area contributed by atoms with Gasteiger partial charge in [0.25, 0.3) is 5.91 Å². The molecule has 0 aliphatic heterocycles. The first kappa shape index (κ1) is 20.5. The number of anilines is 1. The number of benzene rings is 2. The summed E-state index contributed by atoms with van der Waals surface area (Å²) in [4.78, 5) is 25.5. The first-order valence-electron chi connectivity index (χ1n) is 10.0. The van der Waals surface area contributed by atoms with Crippen LogP contribution in [0, 0.1) is 5.82 Å². The second kappa shape index (κ2) is 8.55. The monoisotopic (exact) mass is 417 g/mol. The van der Waals surface area contributed by atoms with Crippen LogP contribution in [0.25, 0.3) is 10.9 Å². The van der Waals surface area contributed by atoms with E-state index in [9.17, 15) is 9.18 Å². The van der Waals surface area contributed by atoms with E-state index in [1.54, 1.807) is 42.4 Å². The number of hydrogen-bond donors (Lipinski definition) is 0. The van der Waals surface area contributed by atoms with Crippen molar-refractivity contribution in [3.8, 4) is 0 Å². The molecule has 6 nitrogen and oxygen atoms in total. The maximum Gasteiger partial charge on any atom is 0.270 e. The molecule has 0 bridgehead atoms. The molecule has 0 atom stereocenters. The lowest BCUT2D eigenvalue weighted by molar-refractivity contribution is 0.0773. The van der Waals surface area contributed by atoms with Crippen LogP contribution in [0.4, 0.5) is 10.3 Å². The van der Waals surface area contributed by atoms with E-state index in [-0.39, 0.29) is 18.3 Å². The number of fused-ring (bicyclic) bond motifs is 1. The summed E-state index contributed by atoms with van der Waals surface area (Å²) in [5.41, 5.74) is 2.67. The van der Waals surface area contributed by atoms with E-state index >= 15 is 0 Å². The Bertz CT molecular complexity index is 1230. The summed E-state index contributed by atoms with van der Waals surface area (Å²) in [5.74, 6) is 0.147. The number of rotatable bonds is 6. The highest BCUT2D eigenvalue weighted by Gasteiger charge is 2.20. The molecule has 0 radical (unpaired) electrons. The van der Waals surface area contributed by atoms with Crippen LogP contribution in [0.15, 0.2) is 66.9 Å². The molecule has 0 spiro atoms. The molecule has 0 saturated carbocycles. The Kier molecular flexibility index (Phi) is 5.66. The number of carbonyl (C=O) groups excluding carboxylic acids is 1. The summed E-state index contributed by atoms with van der Waals surface area (Å²) in [6.45, 7) is 0.608. The molecule has 31 heavy (non-hydrogen) atoms. The summed E-state index contributed by atoms with van der Waals surface area (Å²) >= 11 is 0. The Morgan fingerprint density at radius 2 is 1.77 bits per heavy atom. The Hall–Kier alpha value is -3.74. The molecular weight excluding hydrogens is 393 g/mol. The maximum absolute atomic E-state index is 14.3. The molecule has 7 heteroatoms. The van der Waals surface area contributed by atoms with Crippen LogP contribution in [-0.2, 0) is 13.1 Å². The molecule has 0 fully saturated rings. The van der Waals surface area contributed by atoms with Gasteiger partial charge in [-0.1, -0.05) is 36.4 Å².